The van der Waals surface area contributed by atoms with Crippen molar-refractivity contribution in [2.75, 3.05) is 18.5 Å². The molecule has 2 aromatic carbocycles. The van der Waals surface area contributed by atoms with Crippen LogP contribution in [0.4, 0.5) is 5.69 Å². The second-order valence-electron chi connectivity index (χ2n) is 6.57. The molecule has 0 saturated heterocycles. The molecule has 0 radical (unpaired) electrons. The highest BCUT2D eigenvalue weighted by molar-refractivity contribution is 7.12. The van der Waals surface area contributed by atoms with Gasteiger partial charge in [0.2, 0.25) is 5.91 Å². The Labute approximate surface area is 172 Å². The Kier molecular flexibility index (Phi) is 5.24. The molecule has 5 nitrogen and oxygen atoms in total. The van der Waals surface area contributed by atoms with Gasteiger partial charge in [-0.2, -0.15) is 0 Å². The van der Waals surface area contributed by atoms with Gasteiger partial charge in [-0.15, -0.1) is 11.3 Å². The predicted octanol–water partition coefficient (Wildman–Crippen LogP) is 5.03. The van der Waals surface area contributed by atoms with Gasteiger partial charge in [-0.25, -0.2) is 4.98 Å². The number of aryl methyl sites for hydroxylation is 2. The van der Waals surface area contributed by atoms with Crippen LogP contribution in [0, 0.1) is 13.8 Å². The van der Waals surface area contributed by atoms with Crippen molar-refractivity contribution in [1.82, 2.24) is 4.98 Å². The largest absolute Gasteiger partial charge is 0.486 e. The molecular formula is C21H19ClN2O3S. The molecule has 0 aliphatic carbocycles. The van der Waals surface area contributed by atoms with Crippen LogP contribution in [-0.2, 0) is 11.2 Å². The minimum Gasteiger partial charge on any atom is -0.486 e. The molecule has 0 atom stereocenters. The number of anilines is 1. The topological polar surface area (TPSA) is 60.5 Å². The third-order valence-electron chi connectivity index (χ3n) is 4.36. The smallest absolute Gasteiger partial charge is 0.229 e. The van der Waals surface area contributed by atoms with Crippen LogP contribution in [0.3, 0.4) is 0 Å². The van der Waals surface area contributed by atoms with E-state index in [0.29, 0.717) is 35.4 Å². The van der Waals surface area contributed by atoms with Gasteiger partial charge in [0.15, 0.2) is 11.5 Å². The summed E-state index contributed by atoms with van der Waals surface area (Å²) in [5.41, 5.74) is 3.55. The first kappa shape index (κ1) is 18.8. The second-order valence-corrected chi connectivity index (χ2v) is 8.27. The Balaban J connectivity index is 1.54. The van der Waals surface area contributed by atoms with E-state index in [9.17, 15) is 4.79 Å². The van der Waals surface area contributed by atoms with Crippen LogP contribution in [0.15, 0.2) is 36.4 Å². The summed E-state index contributed by atoms with van der Waals surface area (Å²) in [6, 6.07) is 11.5. The highest BCUT2D eigenvalue weighted by atomic mass is 35.5. The van der Waals surface area contributed by atoms with Crippen LogP contribution >= 0.6 is 22.9 Å². The van der Waals surface area contributed by atoms with Gasteiger partial charge < -0.3 is 14.8 Å². The number of fused-ring (bicyclic) bond motifs is 1. The number of ether oxygens (including phenoxy) is 2. The van der Waals surface area contributed by atoms with E-state index in [-0.39, 0.29) is 12.3 Å². The molecule has 1 N–H and O–H groups in total. The Bertz CT molecular complexity index is 1030. The van der Waals surface area contributed by atoms with E-state index in [2.05, 4.69) is 10.3 Å². The number of carbonyl (C=O) groups excluding carboxylic acids is 1. The maximum Gasteiger partial charge on any atom is 0.229 e. The van der Waals surface area contributed by atoms with Crippen LogP contribution in [0.2, 0.25) is 5.02 Å². The molecule has 0 unspecified atom stereocenters. The number of nitrogens with zero attached hydrogens (tertiary/aromatic N) is 1. The SMILES string of the molecule is Cc1ccc(-c2nc(C)sc2CC(=O)Nc2cc3c(cc2Cl)OCCO3)cc1. The summed E-state index contributed by atoms with van der Waals surface area (Å²) in [4.78, 5) is 18.2. The number of nitrogens with one attached hydrogen (secondary N) is 1. The summed E-state index contributed by atoms with van der Waals surface area (Å²) >= 11 is 7.82. The molecule has 28 heavy (non-hydrogen) atoms. The molecule has 4 rings (SSSR count). The monoisotopic (exact) mass is 414 g/mol. The van der Waals surface area contributed by atoms with Gasteiger partial charge in [0.25, 0.3) is 0 Å². The molecule has 0 spiro atoms. The van der Waals surface area contributed by atoms with Crippen molar-refractivity contribution in [2.45, 2.75) is 20.3 Å². The molecule has 1 aromatic heterocycles. The van der Waals surface area contributed by atoms with Crippen molar-refractivity contribution in [3.63, 3.8) is 0 Å². The zero-order valence-electron chi connectivity index (χ0n) is 15.5. The van der Waals surface area contributed by atoms with Gasteiger partial charge in [-0.05, 0) is 13.8 Å². The first-order valence-corrected chi connectivity index (χ1v) is 10.1. The van der Waals surface area contributed by atoms with E-state index in [1.165, 1.54) is 16.9 Å². The normalized spacial score (nSPS) is 12.7. The maximum absolute atomic E-state index is 12.7. The lowest BCUT2D eigenvalue weighted by atomic mass is 10.1. The highest BCUT2D eigenvalue weighted by Gasteiger charge is 2.18. The minimum absolute atomic E-state index is 0.157. The Morgan fingerprint density at radius 2 is 1.82 bits per heavy atom. The van der Waals surface area contributed by atoms with Gasteiger partial charge >= 0.3 is 0 Å². The third kappa shape index (κ3) is 3.98. The average molecular weight is 415 g/mol. The number of carbonyl (C=O) groups is 1. The fraction of sp³-hybridized carbons (Fsp3) is 0.238. The molecule has 3 aromatic rings. The van der Waals surface area contributed by atoms with E-state index in [4.69, 9.17) is 21.1 Å². The lowest BCUT2D eigenvalue weighted by Crippen LogP contribution is -2.17. The van der Waals surface area contributed by atoms with Gasteiger partial charge in [0.05, 0.1) is 27.8 Å². The summed E-state index contributed by atoms with van der Waals surface area (Å²) in [6.45, 7) is 4.95. The van der Waals surface area contributed by atoms with E-state index < -0.39 is 0 Å². The van der Waals surface area contributed by atoms with Gasteiger partial charge in [0.1, 0.15) is 13.2 Å². The first-order valence-electron chi connectivity index (χ1n) is 8.92. The van der Waals surface area contributed by atoms with Crippen molar-refractivity contribution < 1.29 is 14.3 Å². The van der Waals surface area contributed by atoms with Crippen LogP contribution < -0.4 is 14.8 Å². The molecule has 144 valence electrons. The number of benzene rings is 2. The Morgan fingerprint density at radius 1 is 1.14 bits per heavy atom. The van der Waals surface area contributed by atoms with Crippen molar-refractivity contribution in [3.05, 3.63) is 56.9 Å². The van der Waals surface area contributed by atoms with Crippen molar-refractivity contribution in [1.29, 1.82) is 0 Å². The first-order chi connectivity index (χ1) is 13.5. The number of aromatic nitrogens is 1. The molecule has 1 amide bonds. The highest BCUT2D eigenvalue weighted by Crippen LogP contribution is 2.38. The maximum atomic E-state index is 12.7. The van der Waals surface area contributed by atoms with E-state index in [1.54, 1.807) is 12.1 Å². The minimum atomic E-state index is -0.157. The van der Waals surface area contributed by atoms with Crippen molar-refractivity contribution >= 4 is 34.5 Å². The summed E-state index contributed by atoms with van der Waals surface area (Å²) in [5.74, 6) is 1.02. The van der Waals surface area contributed by atoms with Crippen LogP contribution in [0.25, 0.3) is 11.3 Å². The molecule has 0 fully saturated rings. The van der Waals surface area contributed by atoms with Crippen LogP contribution in [-0.4, -0.2) is 24.1 Å². The predicted molar refractivity (Wildman–Crippen MR) is 112 cm³/mol. The van der Waals surface area contributed by atoms with Gasteiger partial charge in [-0.3, -0.25) is 4.79 Å². The fourth-order valence-electron chi connectivity index (χ4n) is 3.03. The fourth-order valence-corrected chi connectivity index (χ4v) is 4.18. The number of rotatable bonds is 4. The number of thiazole rings is 1. The Morgan fingerprint density at radius 3 is 2.54 bits per heavy atom. The standard InChI is InChI=1S/C21H19ClN2O3S/c1-12-3-5-14(6-4-12)21-19(28-13(2)23-21)11-20(25)24-16-10-18-17(9-15(16)22)26-7-8-27-18/h3-6,9-10H,7-8,11H2,1-2H3,(H,24,25). The molecule has 0 bridgehead atoms. The lowest BCUT2D eigenvalue weighted by molar-refractivity contribution is -0.115. The number of amides is 1. The van der Waals surface area contributed by atoms with Crippen LogP contribution in [0.1, 0.15) is 15.4 Å². The number of hydrogen-bond donors (Lipinski definition) is 1. The summed E-state index contributed by atoms with van der Waals surface area (Å²) in [7, 11) is 0. The summed E-state index contributed by atoms with van der Waals surface area (Å²) in [5, 5.41) is 4.22. The van der Waals surface area contributed by atoms with Gasteiger partial charge in [0, 0.05) is 22.6 Å². The third-order valence-corrected chi connectivity index (χ3v) is 5.64. The van der Waals surface area contributed by atoms with Crippen LogP contribution in [0.5, 0.6) is 11.5 Å². The molecule has 2 heterocycles. The van der Waals surface area contributed by atoms with E-state index in [0.717, 1.165) is 21.1 Å². The van der Waals surface area contributed by atoms with Crippen molar-refractivity contribution in [3.8, 4) is 22.8 Å². The summed E-state index contributed by atoms with van der Waals surface area (Å²) < 4.78 is 11.1. The van der Waals surface area contributed by atoms with E-state index in [1.807, 2.05) is 38.1 Å². The quantitative estimate of drug-likeness (QED) is 0.650. The average Bonchev–Trinajstić information content (AvgIpc) is 3.03. The summed E-state index contributed by atoms with van der Waals surface area (Å²) in [6.07, 6.45) is 0.222. The molecule has 0 saturated carbocycles. The number of halogens is 1. The molecular weight excluding hydrogens is 396 g/mol. The number of hydrogen-bond acceptors (Lipinski definition) is 5. The van der Waals surface area contributed by atoms with Gasteiger partial charge in [-0.1, -0.05) is 41.4 Å². The Hall–Kier alpha value is -2.57. The zero-order valence-corrected chi connectivity index (χ0v) is 17.1. The molecule has 1 aliphatic rings. The van der Waals surface area contributed by atoms with Crippen molar-refractivity contribution in [2.24, 2.45) is 0 Å². The van der Waals surface area contributed by atoms with E-state index >= 15 is 0 Å². The zero-order chi connectivity index (χ0) is 19.7. The molecule has 1 aliphatic heterocycles. The second kappa shape index (κ2) is 7.81. The molecule has 7 heteroatoms. The lowest BCUT2D eigenvalue weighted by Gasteiger charge is -2.20.